The van der Waals surface area contributed by atoms with Crippen molar-refractivity contribution in [2.24, 2.45) is 7.05 Å². The summed E-state index contributed by atoms with van der Waals surface area (Å²) in [5.74, 6) is 0.594. The molecule has 26 heavy (non-hydrogen) atoms. The molecule has 8 heteroatoms. The lowest BCUT2D eigenvalue weighted by atomic mass is 10.2. The first-order valence-electron chi connectivity index (χ1n) is 7.65. The van der Waals surface area contributed by atoms with Gasteiger partial charge in [0.15, 0.2) is 5.16 Å². The second-order valence-electron chi connectivity index (χ2n) is 5.31. The van der Waals surface area contributed by atoms with E-state index in [1.165, 1.54) is 31.0 Å². The number of nitrogens with zero attached hydrogens (tertiary/aromatic N) is 2. The second kappa shape index (κ2) is 7.92. The van der Waals surface area contributed by atoms with Gasteiger partial charge in [0, 0.05) is 25.5 Å². The standard InChI is InChI=1S/C18H16N2O5S/c1-20-7-6-19-18(20)26-11-14-9-15(21)16(10-24-14)25-17(22)12-4-3-5-13(8-12)23-2/h3-10H,11H2,1-2H3. The maximum atomic E-state index is 12.2. The van der Waals surface area contributed by atoms with Crippen LogP contribution in [0.3, 0.4) is 0 Å². The van der Waals surface area contributed by atoms with Gasteiger partial charge in [0.1, 0.15) is 17.8 Å². The first-order chi connectivity index (χ1) is 12.6. The van der Waals surface area contributed by atoms with Gasteiger partial charge < -0.3 is 18.5 Å². The average molecular weight is 372 g/mol. The Hall–Kier alpha value is -3.00. The Balaban J connectivity index is 1.68. The Morgan fingerprint density at radius 3 is 2.88 bits per heavy atom. The molecule has 0 saturated carbocycles. The van der Waals surface area contributed by atoms with E-state index in [1.807, 2.05) is 17.8 Å². The predicted octanol–water partition coefficient (Wildman–Crippen LogP) is 2.89. The highest BCUT2D eigenvalue weighted by Crippen LogP contribution is 2.21. The van der Waals surface area contributed by atoms with Crippen molar-refractivity contribution >= 4 is 17.7 Å². The summed E-state index contributed by atoms with van der Waals surface area (Å²) >= 11 is 1.43. The number of aromatic nitrogens is 2. The number of hydrogen-bond acceptors (Lipinski definition) is 7. The van der Waals surface area contributed by atoms with Gasteiger partial charge in [-0.25, -0.2) is 9.78 Å². The Morgan fingerprint density at radius 2 is 2.19 bits per heavy atom. The molecule has 3 rings (SSSR count). The predicted molar refractivity (Wildman–Crippen MR) is 95.7 cm³/mol. The maximum Gasteiger partial charge on any atom is 0.343 e. The number of rotatable bonds is 6. The molecule has 0 fully saturated rings. The number of ether oxygens (including phenoxy) is 2. The molecule has 134 valence electrons. The van der Waals surface area contributed by atoms with Crippen LogP contribution in [0, 0.1) is 0 Å². The highest BCUT2D eigenvalue weighted by Gasteiger charge is 2.13. The number of methoxy groups -OCH3 is 1. The Labute approximate surface area is 153 Å². The fraction of sp³-hybridized carbons (Fsp3) is 0.167. The van der Waals surface area contributed by atoms with Crippen LogP contribution >= 0.6 is 11.8 Å². The molecule has 0 aliphatic rings. The number of benzene rings is 1. The molecule has 0 aliphatic heterocycles. The van der Waals surface area contributed by atoms with Crippen molar-refractivity contribution in [1.82, 2.24) is 9.55 Å². The van der Waals surface area contributed by atoms with E-state index in [4.69, 9.17) is 13.9 Å². The molecule has 0 spiro atoms. The van der Waals surface area contributed by atoms with Gasteiger partial charge >= 0.3 is 5.97 Å². The molecular weight excluding hydrogens is 356 g/mol. The van der Waals surface area contributed by atoms with Crippen LogP contribution < -0.4 is 14.9 Å². The van der Waals surface area contributed by atoms with Gasteiger partial charge in [0.25, 0.3) is 0 Å². The van der Waals surface area contributed by atoms with Crippen LogP contribution in [-0.4, -0.2) is 22.6 Å². The van der Waals surface area contributed by atoms with Crippen molar-refractivity contribution in [1.29, 1.82) is 0 Å². The zero-order valence-electron chi connectivity index (χ0n) is 14.2. The molecule has 0 unspecified atom stereocenters. The summed E-state index contributed by atoms with van der Waals surface area (Å²) in [7, 11) is 3.38. The summed E-state index contributed by atoms with van der Waals surface area (Å²) in [5.41, 5.74) is -0.152. The number of thioether (sulfide) groups is 1. The zero-order valence-corrected chi connectivity index (χ0v) is 15.0. The third kappa shape index (κ3) is 4.15. The minimum absolute atomic E-state index is 0.163. The Bertz CT molecular complexity index is 979. The molecular formula is C18H16N2O5S. The Morgan fingerprint density at radius 1 is 1.35 bits per heavy atom. The van der Waals surface area contributed by atoms with Crippen LogP contribution in [0.2, 0.25) is 0 Å². The van der Waals surface area contributed by atoms with Crippen molar-refractivity contribution in [3.8, 4) is 11.5 Å². The summed E-state index contributed by atoms with van der Waals surface area (Å²) in [6.45, 7) is 0. The SMILES string of the molecule is COc1cccc(C(=O)Oc2coc(CSc3nccn3C)cc2=O)c1. The van der Waals surface area contributed by atoms with Crippen molar-refractivity contribution < 1.29 is 18.7 Å². The van der Waals surface area contributed by atoms with E-state index >= 15 is 0 Å². The molecule has 3 aromatic rings. The highest BCUT2D eigenvalue weighted by molar-refractivity contribution is 7.98. The largest absolute Gasteiger partial charge is 0.497 e. The summed E-state index contributed by atoms with van der Waals surface area (Å²) in [4.78, 5) is 28.5. The molecule has 0 amide bonds. The molecule has 7 nitrogen and oxygen atoms in total. The lowest BCUT2D eigenvalue weighted by molar-refractivity contribution is 0.0728. The zero-order chi connectivity index (χ0) is 18.5. The minimum atomic E-state index is -0.661. The van der Waals surface area contributed by atoms with E-state index in [9.17, 15) is 9.59 Å². The smallest absolute Gasteiger partial charge is 0.343 e. The number of aryl methyl sites for hydroxylation is 1. The lowest BCUT2D eigenvalue weighted by Gasteiger charge is -2.06. The van der Waals surface area contributed by atoms with Crippen molar-refractivity contribution in [2.75, 3.05) is 7.11 Å². The van der Waals surface area contributed by atoms with Crippen molar-refractivity contribution in [3.63, 3.8) is 0 Å². The molecule has 0 saturated heterocycles. The van der Waals surface area contributed by atoms with E-state index in [0.29, 0.717) is 17.3 Å². The molecule has 0 aliphatic carbocycles. The van der Waals surface area contributed by atoms with Crippen LogP contribution in [0.5, 0.6) is 11.5 Å². The Kier molecular flexibility index (Phi) is 5.43. The summed E-state index contributed by atoms with van der Waals surface area (Å²) in [6.07, 6.45) is 4.67. The summed E-state index contributed by atoms with van der Waals surface area (Å²) in [5, 5.41) is 0.807. The van der Waals surface area contributed by atoms with Gasteiger partial charge in [-0.15, -0.1) is 0 Å². The lowest BCUT2D eigenvalue weighted by Crippen LogP contribution is -2.14. The molecule has 1 aromatic carbocycles. The van der Waals surface area contributed by atoms with Gasteiger partial charge in [0.05, 0.1) is 18.4 Å². The first-order valence-corrected chi connectivity index (χ1v) is 8.63. The molecule has 2 aromatic heterocycles. The fourth-order valence-corrected chi connectivity index (χ4v) is 2.95. The average Bonchev–Trinajstić information content (AvgIpc) is 3.07. The van der Waals surface area contributed by atoms with Crippen LogP contribution in [0.25, 0.3) is 0 Å². The number of esters is 1. The molecule has 2 heterocycles. The van der Waals surface area contributed by atoms with E-state index in [0.717, 1.165) is 11.4 Å². The molecule has 0 radical (unpaired) electrons. The van der Waals surface area contributed by atoms with Crippen LogP contribution in [0.1, 0.15) is 16.1 Å². The van der Waals surface area contributed by atoms with Crippen LogP contribution in [-0.2, 0) is 12.8 Å². The van der Waals surface area contributed by atoms with Crippen LogP contribution in [0.4, 0.5) is 0 Å². The number of hydrogen-bond donors (Lipinski definition) is 0. The topological polar surface area (TPSA) is 83.6 Å². The number of carbonyl (C=O) groups excluding carboxylic acids is 1. The molecule has 0 N–H and O–H groups in total. The first kappa shape index (κ1) is 17.8. The van der Waals surface area contributed by atoms with Crippen molar-refractivity contribution in [3.05, 3.63) is 70.5 Å². The van der Waals surface area contributed by atoms with E-state index in [-0.39, 0.29) is 11.3 Å². The van der Waals surface area contributed by atoms with Crippen molar-refractivity contribution in [2.45, 2.75) is 10.9 Å². The van der Waals surface area contributed by atoms with E-state index < -0.39 is 11.4 Å². The summed E-state index contributed by atoms with van der Waals surface area (Å²) in [6, 6.07) is 7.78. The minimum Gasteiger partial charge on any atom is -0.497 e. The number of carbonyl (C=O) groups is 1. The normalized spacial score (nSPS) is 10.5. The monoisotopic (exact) mass is 372 g/mol. The van der Waals surface area contributed by atoms with Crippen LogP contribution in [0.15, 0.2) is 63.4 Å². The maximum absolute atomic E-state index is 12.2. The number of imidazole rings is 1. The molecule has 0 bridgehead atoms. The third-order valence-corrected chi connectivity index (χ3v) is 4.56. The van der Waals surface area contributed by atoms with E-state index in [1.54, 1.807) is 24.4 Å². The fourth-order valence-electron chi connectivity index (χ4n) is 2.12. The van der Waals surface area contributed by atoms with Gasteiger partial charge in [-0.05, 0) is 18.2 Å². The highest BCUT2D eigenvalue weighted by atomic mass is 32.2. The van der Waals surface area contributed by atoms with E-state index in [2.05, 4.69) is 4.98 Å². The quantitative estimate of drug-likeness (QED) is 0.486. The van der Waals surface area contributed by atoms with Gasteiger partial charge in [-0.2, -0.15) is 0 Å². The van der Waals surface area contributed by atoms with Gasteiger partial charge in [0.2, 0.25) is 11.2 Å². The van der Waals surface area contributed by atoms with Gasteiger partial charge in [-0.3, -0.25) is 4.79 Å². The summed E-state index contributed by atoms with van der Waals surface area (Å²) < 4.78 is 17.5. The molecule has 0 atom stereocenters. The second-order valence-corrected chi connectivity index (χ2v) is 6.25. The van der Waals surface area contributed by atoms with Gasteiger partial charge in [-0.1, -0.05) is 17.8 Å². The third-order valence-electron chi connectivity index (χ3n) is 3.48.